The predicted octanol–water partition coefficient (Wildman–Crippen LogP) is 3.48. The van der Waals surface area contributed by atoms with E-state index in [1.54, 1.807) is 49.4 Å². The molecular formula is C18H16N2O4. The van der Waals surface area contributed by atoms with Crippen molar-refractivity contribution in [1.29, 1.82) is 5.26 Å². The van der Waals surface area contributed by atoms with Crippen LogP contribution in [0.1, 0.15) is 28.4 Å². The highest BCUT2D eigenvalue weighted by Crippen LogP contribution is 2.14. The molecule has 0 bridgehead atoms. The van der Waals surface area contributed by atoms with E-state index in [9.17, 15) is 9.59 Å². The second-order valence-corrected chi connectivity index (χ2v) is 4.77. The molecule has 0 saturated carbocycles. The zero-order valence-corrected chi connectivity index (χ0v) is 13.1. The fourth-order valence-corrected chi connectivity index (χ4v) is 1.99. The molecule has 2 rings (SSSR count). The Hall–Kier alpha value is -3.33. The van der Waals surface area contributed by atoms with Crippen LogP contribution in [-0.2, 0) is 16.1 Å². The molecule has 122 valence electrons. The standard InChI is InChI=1S/C18H16N2O4/c1-2-23-18(22)20-16-9-5-8-13(10-16)17(21)24-12-15-7-4-3-6-14(15)11-19/h3-10H,2,12H2,1H3,(H,20,22). The van der Waals surface area contributed by atoms with E-state index in [2.05, 4.69) is 5.32 Å². The van der Waals surface area contributed by atoms with Gasteiger partial charge in [-0.05, 0) is 31.2 Å². The van der Waals surface area contributed by atoms with E-state index >= 15 is 0 Å². The molecule has 0 heterocycles. The molecule has 0 aliphatic rings. The summed E-state index contributed by atoms with van der Waals surface area (Å²) >= 11 is 0. The van der Waals surface area contributed by atoms with Crippen LogP contribution in [0.2, 0.25) is 0 Å². The minimum Gasteiger partial charge on any atom is -0.457 e. The molecule has 24 heavy (non-hydrogen) atoms. The first kappa shape index (κ1) is 17.0. The summed E-state index contributed by atoms with van der Waals surface area (Å²) in [5.41, 5.74) is 1.82. The fourth-order valence-electron chi connectivity index (χ4n) is 1.99. The lowest BCUT2D eigenvalue weighted by Crippen LogP contribution is -2.14. The van der Waals surface area contributed by atoms with Crippen LogP contribution in [0.5, 0.6) is 0 Å². The average Bonchev–Trinajstić information content (AvgIpc) is 2.60. The lowest BCUT2D eigenvalue weighted by atomic mass is 10.1. The quantitative estimate of drug-likeness (QED) is 0.851. The van der Waals surface area contributed by atoms with Gasteiger partial charge >= 0.3 is 12.1 Å². The Morgan fingerprint density at radius 2 is 1.92 bits per heavy atom. The van der Waals surface area contributed by atoms with Crippen LogP contribution in [-0.4, -0.2) is 18.7 Å². The van der Waals surface area contributed by atoms with Gasteiger partial charge < -0.3 is 9.47 Å². The number of nitrogens with one attached hydrogen (secondary N) is 1. The number of carbonyl (C=O) groups is 2. The molecule has 2 aromatic rings. The zero-order chi connectivity index (χ0) is 17.4. The Morgan fingerprint density at radius 3 is 2.67 bits per heavy atom. The minimum absolute atomic E-state index is 0.00189. The van der Waals surface area contributed by atoms with Crippen molar-refractivity contribution in [1.82, 2.24) is 0 Å². The van der Waals surface area contributed by atoms with Crippen molar-refractivity contribution in [2.24, 2.45) is 0 Å². The van der Waals surface area contributed by atoms with E-state index < -0.39 is 12.1 Å². The summed E-state index contributed by atoms with van der Waals surface area (Å²) in [6.07, 6.45) is -0.592. The van der Waals surface area contributed by atoms with E-state index in [0.717, 1.165) is 0 Å². The molecule has 6 nitrogen and oxygen atoms in total. The van der Waals surface area contributed by atoms with Crippen LogP contribution in [0.25, 0.3) is 0 Å². The summed E-state index contributed by atoms with van der Waals surface area (Å²) in [6, 6.07) is 15.3. The Labute approximate surface area is 139 Å². The summed E-state index contributed by atoms with van der Waals surface area (Å²) < 4.78 is 10.0. The summed E-state index contributed by atoms with van der Waals surface area (Å²) in [5.74, 6) is -0.546. The highest BCUT2D eigenvalue weighted by atomic mass is 16.5. The number of ether oxygens (including phenoxy) is 2. The first-order valence-corrected chi connectivity index (χ1v) is 7.33. The number of esters is 1. The Bertz CT molecular complexity index is 781. The van der Waals surface area contributed by atoms with Crippen LogP contribution < -0.4 is 5.32 Å². The van der Waals surface area contributed by atoms with Crippen molar-refractivity contribution in [3.63, 3.8) is 0 Å². The van der Waals surface area contributed by atoms with E-state index in [4.69, 9.17) is 14.7 Å². The third kappa shape index (κ3) is 4.58. The van der Waals surface area contributed by atoms with Crippen molar-refractivity contribution in [2.45, 2.75) is 13.5 Å². The molecule has 6 heteroatoms. The predicted molar refractivity (Wildman–Crippen MR) is 87.4 cm³/mol. The topological polar surface area (TPSA) is 88.4 Å². The van der Waals surface area contributed by atoms with Crippen molar-refractivity contribution in [3.8, 4) is 6.07 Å². The highest BCUT2D eigenvalue weighted by molar-refractivity contribution is 5.92. The number of benzene rings is 2. The first-order chi connectivity index (χ1) is 11.6. The van der Waals surface area contributed by atoms with Gasteiger partial charge in [0.1, 0.15) is 6.61 Å². The van der Waals surface area contributed by atoms with Crippen molar-refractivity contribution in [2.75, 3.05) is 11.9 Å². The molecule has 0 spiro atoms. The van der Waals surface area contributed by atoms with Crippen molar-refractivity contribution in [3.05, 3.63) is 65.2 Å². The third-order valence-electron chi connectivity index (χ3n) is 3.12. The van der Waals surface area contributed by atoms with E-state index in [1.807, 2.05) is 6.07 Å². The number of hydrogen-bond donors (Lipinski definition) is 1. The van der Waals surface area contributed by atoms with Gasteiger partial charge in [0.15, 0.2) is 0 Å². The van der Waals surface area contributed by atoms with Gasteiger partial charge in [0.2, 0.25) is 0 Å². The lowest BCUT2D eigenvalue weighted by molar-refractivity contribution is 0.0472. The van der Waals surface area contributed by atoms with Crippen molar-refractivity contribution >= 4 is 17.7 Å². The van der Waals surface area contributed by atoms with Gasteiger partial charge in [-0.15, -0.1) is 0 Å². The number of anilines is 1. The molecule has 2 aromatic carbocycles. The van der Waals surface area contributed by atoms with Gasteiger partial charge in [-0.2, -0.15) is 5.26 Å². The summed E-state index contributed by atoms with van der Waals surface area (Å²) in [7, 11) is 0. The zero-order valence-electron chi connectivity index (χ0n) is 13.1. The van der Waals surface area contributed by atoms with Crippen molar-refractivity contribution < 1.29 is 19.1 Å². The number of hydrogen-bond acceptors (Lipinski definition) is 5. The molecule has 1 amide bonds. The molecule has 0 atom stereocenters. The van der Waals surface area contributed by atoms with Crippen LogP contribution in [0.15, 0.2) is 48.5 Å². The van der Waals surface area contributed by atoms with Crippen LogP contribution in [0.4, 0.5) is 10.5 Å². The molecule has 0 fully saturated rings. The largest absolute Gasteiger partial charge is 0.457 e. The molecular weight excluding hydrogens is 308 g/mol. The SMILES string of the molecule is CCOC(=O)Nc1cccc(C(=O)OCc2ccccc2C#N)c1. The molecule has 0 aromatic heterocycles. The smallest absolute Gasteiger partial charge is 0.411 e. The van der Waals surface area contributed by atoms with Gasteiger partial charge in [0.05, 0.1) is 23.8 Å². The van der Waals surface area contributed by atoms with Crippen LogP contribution in [0, 0.1) is 11.3 Å². The van der Waals surface area contributed by atoms with E-state index in [-0.39, 0.29) is 13.2 Å². The van der Waals surface area contributed by atoms with Gasteiger partial charge in [-0.1, -0.05) is 24.3 Å². The fraction of sp³-hybridized carbons (Fsp3) is 0.167. The van der Waals surface area contributed by atoms with Crippen LogP contribution >= 0.6 is 0 Å². The van der Waals surface area contributed by atoms with Gasteiger partial charge in [0, 0.05) is 11.3 Å². The van der Waals surface area contributed by atoms with Crippen LogP contribution in [0.3, 0.4) is 0 Å². The number of nitriles is 1. The second kappa shape index (κ2) is 8.34. The normalized spacial score (nSPS) is 9.67. The maximum Gasteiger partial charge on any atom is 0.411 e. The molecule has 0 radical (unpaired) electrons. The molecule has 0 aliphatic carbocycles. The van der Waals surface area contributed by atoms with Gasteiger partial charge in [-0.25, -0.2) is 9.59 Å². The number of amides is 1. The highest BCUT2D eigenvalue weighted by Gasteiger charge is 2.11. The maximum absolute atomic E-state index is 12.1. The average molecular weight is 324 g/mol. The molecule has 0 unspecified atom stereocenters. The number of rotatable bonds is 5. The Balaban J connectivity index is 2.02. The Kier molecular flexibility index (Phi) is 5.92. The van der Waals surface area contributed by atoms with Gasteiger partial charge in [-0.3, -0.25) is 5.32 Å². The second-order valence-electron chi connectivity index (χ2n) is 4.77. The summed E-state index contributed by atoms with van der Waals surface area (Å²) in [5, 5.41) is 11.5. The number of nitrogens with zero attached hydrogens (tertiary/aromatic N) is 1. The monoisotopic (exact) mass is 324 g/mol. The van der Waals surface area contributed by atoms with E-state index in [0.29, 0.717) is 22.4 Å². The maximum atomic E-state index is 12.1. The van der Waals surface area contributed by atoms with Gasteiger partial charge in [0.25, 0.3) is 0 Å². The summed E-state index contributed by atoms with van der Waals surface area (Å²) in [4.78, 5) is 23.5. The first-order valence-electron chi connectivity index (χ1n) is 7.33. The molecule has 0 saturated heterocycles. The Morgan fingerprint density at radius 1 is 1.12 bits per heavy atom. The lowest BCUT2D eigenvalue weighted by Gasteiger charge is -2.08. The minimum atomic E-state index is -0.592. The molecule has 1 N–H and O–H groups in total. The third-order valence-corrected chi connectivity index (χ3v) is 3.12. The molecule has 0 aliphatic heterocycles. The number of carbonyl (C=O) groups excluding carboxylic acids is 2. The summed E-state index contributed by atoms with van der Waals surface area (Å²) in [6.45, 7) is 1.95. The van der Waals surface area contributed by atoms with E-state index in [1.165, 1.54) is 6.07 Å².